The van der Waals surface area contributed by atoms with Gasteiger partial charge in [0.25, 0.3) is 5.91 Å². The molecule has 0 saturated heterocycles. The largest absolute Gasteiger partial charge is 0.336 e. The normalized spacial score (nSPS) is 14.2. The summed E-state index contributed by atoms with van der Waals surface area (Å²) >= 11 is 0. The molecule has 0 bridgehead atoms. The fourth-order valence-corrected chi connectivity index (χ4v) is 3.16. The van der Waals surface area contributed by atoms with Gasteiger partial charge in [-0.2, -0.15) is 5.10 Å². The van der Waals surface area contributed by atoms with Crippen LogP contribution in [0.25, 0.3) is 0 Å². The monoisotopic (exact) mass is 337 g/mol. The van der Waals surface area contributed by atoms with Crippen LogP contribution in [0.15, 0.2) is 37.3 Å². The molecule has 3 aromatic rings. The number of carbonyl (C=O) groups is 1. The maximum Gasteiger partial charge on any atom is 0.255 e. The molecule has 0 radical (unpaired) electrons. The lowest BCUT2D eigenvalue weighted by Crippen LogP contribution is -2.33. The topological polar surface area (TPSA) is 81.7 Å². The minimum atomic E-state index is 0.0276. The zero-order valence-corrected chi connectivity index (χ0v) is 14.0. The van der Waals surface area contributed by atoms with Gasteiger partial charge in [0.2, 0.25) is 0 Å². The molecule has 0 spiro atoms. The number of hydrogen-bond acceptors (Lipinski definition) is 5. The van der Waals surface area contributed by atoms with Crippen molar-refractivity contribution < 1.29 is 4.79 Å². The Balaban J connectivity index is 1.50. The van der Waals surface area contributed by atoms with Crippen LogP contribution in [-0.2, 0) is 19.5 Å². The highest BCUT2D eigenvalue weighted by molar-refractivity contribution is 5.94. The van der Waals surface area contributed by atoms with Gasteiger partial charge in [0.1, 0.15) is 18.5 Å². The standard InChI is InChI=1S/C17H19N7O/c1-13-6-14(8-18-7-13)17(25)22-3-2-16-20-9-15(24(16)5-4-22)10-23-12-19-11-21-23/h6-9,11-12H,2-5,10H2,1H3. The first-order valence-electron chi connectivity index (χ1n) is 8.27. The molecule has 128 valence electrons. The van der Waals surface area contributed by atoms with E-state index in [1.165, 1.54) is 6.33 Å². The van der Waals surface area contributed by atoms with Crippen LogP contribution < -0.4 is 0 Å². The van der Waals surface area contributed by atoms with Gasteiger partial charge in [-0.05, 0) is 18.6 Å². The molecule has 1 aliphatic heterocycles. The lowest BCUT2D eigenvalue weighted by Gasteiger charge is -2.20. The van der Waals surface area contributed by atoms with Crippen molar-refractivity contribution in [1.82, 2.24) is 34.2 Å². The summed E-state index contributed by atoms with van der Waals surface area (Å²) in [5.41, 5.74) is 2.71. The zero-order valence-electron chi connectivity index (χ0n) is 14.0. The minimum Gasteiger partial charge on any atom is -0.336 e. The van der Waals surface area contributed by atoms with Crippen molar-refractivity contribution in [2.75, 3.05) is 13.1 Å². The highest BCUT2D eigenvalue weighted by Gasteiger charge is 2.22. The fraction of sp³-hybridized carbons (Fsp3) is 0.353. The molecule has 1 amide bonds. The van der Waals surface area contributed by atoms with Crippen LogP contribution in [0.2, 0.25) is 0 Å². The number of carbonyl (C=O) groups excluding carboxylic acids is 1. The molecular formula is C17H19N7O. The van der Waals surface area contributed by atoms with Crippen LogP contribution in [-0.4, -0.2) is 53.2 Å². The van der Waals surface area contributed by atoms with Crippen molar-refractivity contribution in [2.24, 2.45) is 0 Å². The molecule has 8 heteroatoms. The average molecular weight is 337 g/mol. The number of rotatable bonds is 3. The van der Waals surface area contributed by atoms with E-state index in [1.807, 2.05) is 24.1 Å². The Morgan fingerprint density at radius 1 is 1.16 bits per heavy atom. The Morgan fingerprint density at radius 3 is 2.88 bits per heavy atom. The van der Waals surface area contributed by atoms with E-state index >= 15 is 0 Å². The third-order valence-electron chi connectivity index (χ3n) is 4.42. The zero-order chi connectivity index (χ0) is 17.2. The van der Waals surface area contributed by atoms with E-state index in [0.29, 0.717) is 25.2 Å². The first-order valence-corrected chi connectivity index (χ1v) is 8.27. The Hall–Kier alpha value is -3.03. The Labute approximate surface area is 145 Å². The minimum absolute atomic E-state index is 0.0276. The van der Waals surface area contributed by atoms with E-state index in [2.05, 4.69) is 24.6 Å². The maximum atomic E-state index is 12.8. The molecule has 1 aliphatic rings. The summed E-state index contributed by atoms with van der Waals surface area (Å²) < 4.78 is 3.96. The van der Waals surface area contributed by atoms with Crippen molar-refractivity contribution in [3.63, 3.8) is 0 Å². The highest BCUT2D eigenvalue weighted by Crippen LogP contribution is 2.15. The van der Waals surface area contributed by atoms with Gasteiger partial charge in [-0.1, -0.05) is 0 Å². The summed E-state index contributed by atoms with van der Waals surface area (Å²) in [6, 6.07) is 1.88. The van der Waals surface area contributed by atoms with Crippen LogP contribution in [0, 0.1) is 6.92 Å². The maximum absolute atomic E-state index is 12.8. The van der Waals surface area contributed by atoms with Crippen LogP contribution in [0.5, 0.6) is 0 Å². The fourth-order valence-electron chi connectivity index (χ4n) is 3.16. The van der Waals surface area contributed by atoms with E-state index in [-0.39, 0.29) is 5.91 Å². The van der Waals surface area contributed by atoms with Crippen molar-refractivity contribution >= 4 is 5.91 Å². The van der Waals surface area contributed by atoms with E-state index < -0.39 is 0 Å². The number of hydrogen-bond donors (Lipinski definition) is 0. The van der Waals surface area contributed by atoms with Gasteiger partial charge >= 0.3 is 0 Å². The molecular weight excluding hydrogens is 318 g/mol. The Morgan fingerprint density at radius 2 is 2.08 bits per heavy atom. The smallest absolute Gasteiger partial charge is 0.255 e. The first-order chi connectivity index (χ1) is 12.2. The summed E-state index contributed by atoms with van der Waals surface area (Å²) in [5.74, 6) is 1.03. The van der Waals surface area contributed by atoms with Crippen molar-refractivity contribution in [1.29, 1.82) is 0 Å². The summed E-state index contributed by atoms with van der Waals surface area (Å²) in [5, 5.41) is 4.15. The summed E-state index contributed by atoms with van der Waals surface area (Å²) in [6.45, 7) is 4.61. The lowest BCUT2D eigenvalue weighted by atomic mass is 10.2. The second kappa shape index (κ2) is 6.46. The average Bonchev–Trinajstić information content (AvgIpc) is 3.20. The molecule has 25 heavy (non-hydrogen) atoms. The number of nitrogens with zero attached hydrogens (tertiary/aromatic N) is 7. The third-order valence-corrected chi connectivity index (χ3v) is 4.42. The van der Waals surface area contributed by atoms with E-state index in [0.717, 1.165) is 30.0 Å². The van der Waals surface area contributed by atoms with Crippen molar-refractivity contribution in [3.8, 4) is 0 Å². The Kier molecular flexibility index (Phi) is 4.01. The lowest BCUT2D eigenvalue weighted by molar-refractivity contribution is 0.0758. The van der Waals surface area contributed by atoms with Crippen LogP contribution in [0.3, 0.4) is 0 Å². The van der Waals surface area contributed by atoms with E-state index in [4.69, 9.17) is 0 Å². The molecule has 4 heterocycles. The molecule has 0 saturated carbocycles. The van der Waals surface area contributed by atoms with Crippen LogP contribution >= 0.6 is 0 Å². The molecule has 0 aromatic carbocycles. The molecule has 0 N–H and O–H groups in total. The number of imidazole rings is 1. The molecule has 8 nitrogen and oxygen atoms in total. The quantitative estimate of drug-likeness (QED) is 0.710. The summed E-state index contributed by atoms with van der Waals surface area (Å²) in [6.07, 6.45) is 9.23. The number of amides is 1. The predicted molar refractivity (Wildman–Crippen MR) is 89.9 cm³/mol. The summed E-state index contributed by atoms with van der Waals surface area (Å²) in [4.78, 5) is 27.3. The van der Waals surface area contributed by atoms with Crippen molar-refractivity contribution in [2.45, 2.75) is 26.4 Å². The molecule has 0 aliphatic carbocycles. The molecule has 4 rings (SSSR count). The van der Waals surface area contributed by atoms with Crippen LogP contribution in [0.1, 0.15) is 27.4 Å². The van der Waals surface area contributed by atoms with Gasteiger partial charge < -0.3 is 9.47 Å². The third kappa shape index (κ3) is 3.15. The van der Waals surface area contributed by atoms with Gasteiger partial charge in [0, 0.05) is 38.4 Å². The van der Waals surface area contributed by atoms with Crippen molar-refractivity contribution in [3.05, 3.63) is 60.0 Å². The molecule has 3 aromatic heterocycles. The molecule has 0 fully saturated rings. The van der Waals surface area contributed by atoms with Crippen LogP contribution in [0.4, 0.5) is 0 Å². The van der Waals surface area contributed by atoms with Gasteiger partial charge in [-0.15, -0.1) is 0 Å². The molecule has 0 unspecified atom stereocenters. The second-order valence-corrected chi connectivity index (χ2v) is 6.20. The number of fused-ring (bicyclic) bond motifs is 1. The summed E-state index contributed by atoms with van der Waals surface area (Å²) in [7, 11) is 0. The van der Waals surface area contributed by atoms with Gasteiger partial charge in [0.05, 0.1) is 24.0 Å². The first kappa shape index (κ1) is 15.5. The second-order valence-electron chi connectivity index (χ2n) is 6.20. The number of aryl methyl sites for hydroxylation is 1. The number of aromatic nitrogens is 6. The van der Waals surface area contributed by atoms with Gasteiger partial charge in [-0.25, -0.2) is 14.6 Å². The van der Waals surface area contributed by atoms with E-state index in [9.17, 15) is 4.79 Å². The predicted octanol–water partition coefficient (Wildman–Crippen LogP) is 0.925. The van der Waals surface area contributed by atoms with E-state index in [1.54, 1.807) is 23.4 Å². The van der Waals surface area contributed by atoms with Gasteiger partial charge in [-0.3, -0.25) is 9.78 Å². The SMILES string of the molecule is Cc1cncc(C(=O)N2CCc3ncc(Cn4cncn4)n3CC2)c1. The highest BCUT2D eigenvalue weighted by atomic mass is 16.2. The molecule has 0 atom stereocenters. The Bertz CT molecular complexity index is 884. The number of pyridine rings is 1. The van der Waals surface area contributed by atoms with Gasteiger partial charge in [0.15, 0.2) is 0 Å².